The third-order valence-electron chi connectivity index (χ3n) is 6.36. The standard InChI is InChI=1S/C15H22O4/c1-8-6-14(17)11-9(2)12(16)18-10(11)7-13(3)4-5-15(8,14)19-13/h8-11,17H,4-7H2,1-3H3. The predicted octanol–water partition coefficient (Wildman–Crippen LogP) is 1.65. The minimum atomic E-state index is -0.878. The van der Waals surface area contributed by atoms with Crippen LogP contribution in [0.15, 0.2) is 0 Å². The van der Waals surface area contributed by atoms with Crippen LogP contribution in [0.25, 0.3) is 0 Å². The lowest BCUT2D eigenvalue weighted by molar-refractivity contribution is -0.297. The Kier molecular flexibility index (Phi) is 2.03. The van der Waals surface area contributed by atoms with Crippen LogP contribution in [-0.2, 0) is 14.3 Å². The molecular weight excluding hydrogens is 244 g/mol. The molecular formula is C15H22O4. The number of fused-ring (bicyclic) bond motifs is 3. The number of aliphatic hydroxyl groups is 1. The molecule has 0 radical (unpaired) electrons. The van der Waals surface area contributed by atoms with E-state index in [2.05, 4.69) is 13.8 Å². The van der Waals surface area contributed by atoms with E-state index in [9.17, 15) is 9.90 Å². The first-order valence-corrected chi connectivity index (χ1v) is 7.44. The van der Waals surface area contributed by atoms with Gasteiger partial charge in [0.15, 0.2) is 0 Å². The molecule has 0 amide bonds. The van der Waals surface area contributed by atoms with Gasteiger partial charge in [0.2, 0.25) is 0 Å². The van der Waals surface area contributed by atoms with Gasteiger partial charge in [-0.25, -0.2) is 0 Å². The summed E-state index contributed by atoms with van der Waals surface area (Å²) in [6, 6.07) is 0. The second-order valence-electron chi connectivity index (χ2n) is 7.46. The molecule has 7 atom stereocenters. The number of ether oxygens (including phenoxy) is 2. The van der Waals surface area contributed by atoms with Gasteiger partial charge >= 0.3 is 5.97 Å². The molecule has 4 heteroatoms. The van der Waals surface area contributed by atoms with Crippen molar-refractivity contribution in [2.45, 2.75) is 69.4 Å². The lowest BCUT2D eigenvalue weighted by Crippen LogP contribution is -2.72. The van der Waals surface area contributed by atoms with Gasteiger partial charge in [-0.3, -0.25) is 4.79 Å². The predicted molar refractivity (Wildman–Crippen MR) is 67.3 cm³/mol. The highest BCUT2D eigenvalue weighted by Crippen LogP contribution is 2.67. The van der Waals surface area contributed by atoms with E-state index in [1.807, 2.05) is 6.92 Å². The van der Waals surface area contributed by atoms with E-state index >= 15 is 0 Å². The molecule has 0 aromatic rings. The van der Waals surface area contributed by atoms with Crippen molar-refractivity contribution in [1.82, 2.24) is 0 Å². The fourth-order valence-corrected chi connectivity index (χ4v) is 5.42. The first-order valence-electron chi connectivity index (χ1n) is 7.44. The summed E-state index contributed by atoms with van der Waals surface area (Å²) < 4.78 is 11.9. The molecule has 3 saturated heterocycles. The molecule has 1 N–H and O–H groups in total. The molecule has 4 aliphatic rings. The molecule has 7 unspecified atom stereocenters. The molecule has 4 fully saturated rings. The van der Waals surface area contributed by atoms with Crippen molar-refractivity contribution in [2.24, 2.45) is 17.8 Å². The molecule has 1 saturated carbocycles. The zero-order chi connectivity index (χ0) is 13.6. The lowest BCUT2D eigenvalue weighted by atomic mass is 9.50. The Hall–Kier alpha value is -0.610. The Morgan fingerprint density at radius 1 is 1.26 bits per heavy atom. The maximum absolute atomic E-state index is 11.9. The van der Waals surface area contributed by atoms with Gasteiger partial charge in [-0.05, 0) is 32.1 Å². The summed E-state index contributed by atoms with van der Waals surface area (Å²) in [7, 11) is 0. The van der Waals surface area contributed by atoms with E-state index < -0.39 is 11.2 Å². The largest absolute Gasteiger partial charge is 0.462 e. The van der Waals surface area contributed by atoms with E-state index in [1.165, 1.54) is 0 Å². The summed E-state index contributed by atoms with van der Waals surface area (Å²) in [6.45, 7) is 6.15. The molecule has 0 aromatic heterocycles. The van der Waals surface area contributed by atoms with Crippen LogP contribution in [0.3, 0.4) is 0 Å². The number of carbonyl (C=O) groups is 1. The highest BCUT2D eigenvalue weighted by molar-refractivity contribution is 5.75. The molecule has 106 valence electrons. The molecule has 4 rings (SSSR count). The van der Waals surface area contributed by atoms with Crippen LogP contribution in [0.2, 0.25) is 0 Å². The fourth-order valence-electron chi connectivity index (χ4n) is 5.42. The second kappa shape index (κ2) is 3.17. The van der Waals surface area contributed by atoms with E-state index in [-0.39, 0.29) is 29.5 Å². The quantitative estimate of drug-likeness (QED) is 0.677. The van der Waals surface area contributed by atoms with E-state index in [0.29, 0.717) is 5.92 Å². The van der Waals surface area contributed by atoms with E-state index in [0.717, 1.165) is 25.7 Å². The van der Waals surface area contributed by atoms with Crippen LogP contribution in [0.5, 0.6) is 0 Å². The SMILES string of the molecule is CC1C(=O)OC2CC3(C)CCC4(O3)C(C)CC4(O)C21. The maximum Gasteiger partial charge on any atom is 0.309 e. The van der Waals surface area contributed by atoms with Gasteiger partial charge in [0, 0.05) is 12.3 Å². The van der Waals surface area contributed by atoms with Crippen molar-refractivity contribution >= 4 is 5.97 Å². The van der Waals surface area contributed by atoms with Gasteiger partial charge in [0.05, 0.1) is 11.5 Å². The van der Waals surface area contributed by atoms with Crippen LogP contribution in [0.4, 0.5) is 0 Å². The highest BCUT2D eigenvalue weighted by Gasteiger charge is 2.76. The maximum atomic E-state index is 11.9. The van der Waals surface area contributed by atoms with E-state index in [1.54, 1.807) is 0 Å². The molecule has 0 aromatic carbocycles. The molecule has 1 spiro atoms. The molecule has 3 aliphatic heterocycles. The smallest absolute Gasteiger partial charge is 0.309 e. The van der Waals surface area contributed by atoms with Crippen molar-refractivity contribution in [3.8, 4) is 0 Å². The highest BCUT2D eigenvalue weighted by atomic mass is 16.6. The van der Waals surface area contributed by atoms with Gasteiger partial charge in [0.25, 0.3) is 0 Å². The minimum Gasteiger partial charge on any atom is -0.462 e. The normalized spacial score (nSPS) is 62.8. The lowest BCUT2D eigenvalue weighted by Gasteiger charge is -2.61. The number of esters is 1. The second-order valence-corrected chi connectivity index (χ2v) is 7.46. The number of hydrogen-bond acceptors (Lipinski definition) is 4. The first-order chi connectivity index (χ1) is 8.81. The van der Waals surface area contributed by atoms with Crippen LogP contribution < -0.4 is 0 Å². The number of hydrogen-bond donors (Lipinski definition) is 1. The Morgan fingerprint density at radius 3 is 2.68 bits per heavy atom. The summed E-state index contributed by atoms with van der Waals surface area (Å²) in [5.74, 6) is -0.103. The van der Waals surface area contributed by atoms with Crippen molar-refractivity contribution in [2.75, 3.05) is 0 Å². The average Bonchev–Trinajstić information content (AvgIpc) is 2.79. The van der Waals surface area contributed by atoms with Gasteiger partial charge in [-0.15, -0.1) is 0 Å². The van der Waals surface area contributed by atoms with Crippen molar-refractivity contribution < 1.29 is 19.4 Å². The molecule has 1 aliphatic carbocycles. The van der Waals surface area contributed by atoms with Gasteiger partial charge < -0.3 is 14.6 Å². The minimum absolute atomic E-state index is 0.0988. The van der Waals surface area contributed by atoms with Gasteiger partial charge in [-0.1, -0.05) is 13.8 Å². The van der Waals surface area contributed by atoms with Gasteiger partial charge in [-0.2, -0.15) is 0 Å². The van der Waals surface area contributed by atoms with Crippen molar-refractivity contribution in [3.63, 3.8) is 0 Å². The number of carbonyl (C=O) groups excluding carboxylic acids is 1. The van der Waals surface area contributed by atoms with Crippen LogP contribution >= 0.6 is 0 Å². The Bertz CT molecular complexity index is 463. The molecule has 4 nitrogen and oxygen atoms in total. The third kappa shape index (κ3) is 1.17. The Morgan fingerprint density at radius 2 is 2.00 bits per heavy atom. The van der Waals surface area contributed by atoms with Gasteiger partial charge in [0.1, 0.15) is 17.3 Å². The van der Waals surface area contributed by atoms with Crippen LogP contribution in [0.1, 0.15) is 46.5 Å². The van der Waals surface area contributed by atoms with Crippen molar-refractivity contribution in [3.05, 3.63) is 0 Å². The summed E-state index contributed by atoms with van der Waals surface area (Å²) in [4.78, 5) is 11.9. The van der Waals surface area contributed by atoms with Crippen molar-refractivity contribution in [1.29, 1.82) is 0 Å². The Balaban J connectivity index is 1.84. The Labute approximate surface area is 113 Å². The number of rotatable bonds is 0. The zero-order valence-corrected chi connectivity index (χ0v) is 11.8. The topological polar surface area (TPSA) is 55.8 Å². The molecule has 19 heavy (non-hydrogen) atoms. The van der Waals surface area contributed by atoms with E-state index in [4.69, 9.17) is 9.47 Å². The zero-order valence-electron chi connectivity index (χ0n) is 11.8. The first kappa shape index (κ1) is 12.2. The fraction of sp³-hybridized carbons (Fsp3) is 0.933. The summed E-state index contributed by atoms with van der Waals surface area (Å²) >= 11 is 0. The third-order valence-corrected chi connectivity index (χ3v) is 6.36. The average molecular weight is 266 g/mol. The summed E-state index contributed by atoms with van der Waals surface area (Å²) in [5.41, 5.74) is -1.56. The van der Waals surface area contributed by atoms with Crippen LogP contribution in [0, 0.1) is 17.8 Å². The molecule has 3 heterocycles. The summed E-state index contributed by atoms with van der Waals surface area (Å²) in [6.07, 6.45) is 3.14. The molecule has 2 bridgehead atoms. The van der Waals surface area contributed by atoms with Crippen LogP contribution in [-0.4, -0.2) is 34.0 Å². The monoisotopic (exact) mass is 266 g/mol. The summed E-state index contributed by atoms with van der Waals surface area (Å²) in [5, 5.41) is 11.3.